The predicted molar refractivity (Wildman–Crippen MR) is 65.5 cm³/mol. The van der Waals surface area contributed by atoms with Gasteiger partial charge in [-0.3, -0.25) is 4.90 Å². The van der Waals surface area contributed by atoms with Gasteiger partial charge in [0.25, 0.3) is 0 Å². The van der Waals surface area contributed by atoms with Crippen molar-refractivity contribution in [3.05, 3.63) is 0 Å². The maximum Gasteiger partial charge on any atom is 0.0935 e. The Labute approximate surface area is 99.1 Å². The lowest BCUT2D eigenvalue weighted by Crippen LogP contribution is -2.45. The molecular formula is C12H26N2O2. The van der Waals surface area contributed by atoms with Crippen molar-refractivity contribution in [2.75, 3.05) is 46.0 Å². The van der Waals surface area contributed by atoms with E-state index in [0.29, 0.717) is 5.92 Å². The second-order valence-electron chi connectivity index (χ2n) is 4.87. The van der Waals surface area contributed by atoms with E-state index in [0.717, 1.165) is 52.4 Å². The van der Waals surface area contributed by atoms with Crippen LogP contribution in [-0.4, -0.2) is 57.0 Å². The number of rotatable bonds is 7. The maximum atomic E-state index is 5.67. The van der Waals surface area contributed by atoms with Gasteiger partial charge in [0.05, 0.1) is 19.3 Å². The van der Waals surface area contributed by atoms with Crippen molar-refractivity contribution >= 4 is 0 Å². The van der Waals surface area contributed by atoms with Gasteiger partial charge >= 0.3 is 0 Å². The number of ether oxygens (including phenoxy) is 2. The summed E-state index contributed by atoms with van der Waals surface area (Å²) in [6.45, 7) is 10.6. The lowest BCUT2D eigenvalue weighted by Gasteiger charge is -2.32. The third-order valence-corrected chi connectivity index (χ3v) is 2.66. The zero-order chi connectivity index (χ0) is 11.8. The van der Waals surface area contributed by atoms with E-state index in [9.17, 15) is 0 Å². The van der Waals surface area contributed by atoms with Crippen LogP contribution in [0.15, 0.2) is 0 Å². The Balaban J connectivity index is 2.12. The van der Waals surface area contributed by atoms with E-state index in [1.165, 1.54) is 0 Å². The second-order valence-corrected chi connectivity index (χ2v) is 4.87. The van der Waals surface area contributed by atoms with Crippen LogP contribution in [0.25, 0.3) is 0 Å². The predicted octanol–water partition coefficient (Wildman–Crippen LogP) is 0.709. The van der Waals surface area contributed by atoms with Crippen molar-refractivity contribution < 1.29 is 9.47 Å². The number of nitrogens with zero attached hydrogens (tertiary/aromatic N) is 1. The van der Waals surface area contributed by atoms with E-state index < -0.39 is 0 Å². The highest BCUT2D eigenvalue weighted by Crippen LogP contribution is 2.06. The second kappa shape index (κ2) is 8.01. The van der Waals surface area contributed by atoms with Gasteiger partial charge in [-0.15, -0.1) is 0 Å². The average molecular weight is 230 g/mol. The fraction of sp³-hybridized carbons (Fsp3) is 1.00. The molecule has 0 spiro atoms. The Morgan fingerprint density at radius 1 is 1.50 bits per heavy atom. The van der Waals surface area contributed by atoms with Crippen LogP contribution in [0, 0.1) is 5.92 Å². The van der Waals surface area contributed by atoms with Crippen LogP contribution < -0.4 is 5.73 Å². The van der Waals surface area contributed by atoms with E-state index in [1.807, 2.05) is 0 Å². The van der Waals surface area contributed by atoms with E-state index in [-0.39, 0.29) is 6.10 Å². The van der Waals surface area contributed by atoms with Crippen LogP contribution in [0.1, 0.15) is 20.3 Å². The van der Waals surface area contributed by atoms with E-state index >= 15 is 0 Å². The zero-order valence-electron chi connectivity index (χ0n) is 10.7. The Bertz CT molecular complexity index is 176. The summed E-state index contributed by atoms with van der Waals surface area (Å²) in [5.41, 5.74) is 5.51. The van der Waals surface area contributed by atoms with E-state index in [1.54, 1.807) is 0 Å². The van der Waals surface area contributed by atoms with E-state index in [2.05, 4.69) is 18.7 Å². The highest BCUT2D eigenvalue weighted by Gasteiger charge is 2.19. The Kier molecular flexibility index (Phi) is 6.96. The molecule has 2 N–H and O–H groups in total. The van der Waals surface area contributed by atoms with Crippen molar-refractivity contribution in [1.29, 1.82) is 0 Å². The van der Waals surface area contributed by atoms with Crippen molar-refractivity contribution in [3.63, 3.8) is 0 Å². The number of hydrogen-bond acceptors (Lipinski definition) is 4. The van der Waals surface area contributed by atoms with Gasteiger partial charge in [-0.05, 0) is 25.4 Å². The first-order valence-corrected chi connectivity index (χ1v) is 6.34. The largest absolute Gasteiger partial charge is 0.378 e. The molecule has 1 aliphatic heterocycles. The third-order valence-electron chi connectivity index (χ3n) is 2.66. The molecule has 1 heterocycles. The molecule has 16 heavy (non-hydrogen) atoms. The minimum Gasteiger partial charge on any atom is -0.378 e. The van der Waals surface area contributed by atoms with Crippen LogP contribution >= 0.6 is 0 Å². The Morgan fingerprint density at radius 3 is 3.00 bits per heavy atom. The summed E-state index contributed by atoms with van der Waals surface area (Å²) in [7, 11) is 0. The van der Waals surface area contributed by atoms with Gasteiger partial charge in [0.1, 0.15) is 0 Å². The molecule has 1 unspecified atom stereocenters. The molecule has 1 atom stereocenters. The van der Waals surface area contributed by atoms with Gasteiger partial charge in [-0.1, -0.05) is 13.8 Å². The van der Waals surface area contributed by atoms with Gasteiger partial charge in [-0.2, -0.15) is 0 Å². The molecule has 1 rings (SSSR count). The first-order valence-electron chi connectivity index (χ1n) is 6.34. The molecule has 0 saturated carbocycles. The summed E-state index contributed by atoms with van der Waals surface area (Å²) in [5, 5.41) is 0. The number of hydrogen-bond donors (Lipinski definition) is 1. The lowest BCUT2D eigenvalue weighted by molar-refractivity contribution is -0.0720. The van der Waals surface area contributed by atoms with Gasteiger partial charge < -0.3 is 15.2 Å². The lowest BCUT2D eigenvalue weighted by atomic mass is 10.2. The Hall–Kier alpha value is -0.160. The van der Waals surface area contributed by atoms with Crippen molar-refractivity contribution in [1.82, 2.24) is 4.90 Å². The van der Waals surface area contributed by atoms with Crippen LogP contribution in [0.3, 0.4) is 0 Å². The number of morpholine rings is 1. The first kappa shape index (κ1) is 13.9. The summed E-state index contributed by atoms with van der Waals surface area (Å²) in [4.78, 5) is 2.42. The molecule has 0 aromatic carbocycles. The van der Waals surface area contributed by atoms with Gasteiger partial charge in [0.2, 0.25) is 0 Å². The highest BCUT2D eigenvalue weighted by atomic mass is 16.5. The minimum absolute atomic E-state index is 0.241. The molecule has 0 amide bonds. The van der Waals surface area contributed by atoms with Crippen molar-refractivity contribution in [2.45, 2.75) is 26.4 Å². The summed E-state index contributed by atoms with van der Waals surface area (Å²) in [5.74, 6) is 0.594. The molecule has 1 saturated heterocycles. The molecule has 1 aliphatic rings. The van der Waals surface area contributed by atoms with E-state index in [4.69, 9.17) is 15.2 Å². The van der Waals surface area contributed by atoms with Crippen molar-refractivity contribution in [3.8, 4) is 0 Å². The summed E-state index contributed by atoms with van der Waals surface area (Å²) in [6, 6.07) is 0. The molecule has 1 fully saturated rings. The SMILES string of the molecule is CC(C)COCC1CN(CCCN)CCO1. The fourth-order valence-electron chi connectivity index (χ4n) is 1.83. The molecule has 0 bridgehead atoms. The van der Waals surface area contributed by atoms with Crippen molar-refractivity contribution in [2.24, 2.45) is 11.7 Å². The normalized spacial score (nSPS) is 22.9. The summed E-state index contributed by atoms with van der Waals surface area (Å²) >= 11 is 0. The average Bonchev–Trinajstić information content (AvgIpc) is 2.26. The van der Waals surface area contributed by atoms with Crippen LogP contribution in [-0.2, 0) is 9.47 Å². The van der Waals surface area contributed by atoms with Gasteiger partial charge in [-0.25, -0.2) is 0 Å². The quantitative estimate of drug-likeness (QED) is 0.700. The minimum atomic E-state index is 0.241. The molecule has 0 aromatic heterocycles. The monoisotopic (exact) mass is 230 g/mol. The smallest absolute Gasteiger partial charge is 0.0935 e. The van der Waals surface area contributed by atoms with Gasteiger partial charge in [0, 0.05) is 19.7 Å². The maximum absolute atomic E-state index is 5.67. The molecule has 0 aromatic rings. The van der Waals surface area contributed by atoms with Crippen LogP contribution in [0.4, 0.5) is 0 Å². The zero-order valence-corrected chi connectivity index (χ0v) is 10.7. The molecule has 0 radical (unpaired) electrons. The molecule has 4 heteroatoms. The summed E-state index contributed by atoms with van der Waals surface area (Å²) in [6.07, 6.45) is 1.31. The third kappa shape index (κ3) is 5.80. The summed E-state index contributed by atoms with van der Waals surface area (Å²) < 4.78 is 11.3. The highest BCUT2D eigenvalue weighted by molar-refractivity contribution is 4.71. The molecular weight excluding hydrogens is 204 g/mol. The van der Waals surface area contributed by atoms with Crippen LogP contribution in [0.5, 0.6) is 0 Å². The first-order chi connectivity index (χ1) is 7.72. The molecule has 0 aliphatic carbocycles. The molecule has 96 valence electrons. The van der Waals surface area contributed by atoms with Gasteiger partial charge in [0.15, 0.2) is 0 Å². The van der Waals surface area contributed by atoms with Crippen LogP contribution in [0.2, 0.25) is 0 Å². The fourth-order valence-corrected chi connectivity index (χ4v) is 1.83. The topological polar surface area (TPSA) is 47.7 Å². The molecule has 4 nitrogen and oxygen atoms in total. The standard InChI is InChI=1S/C12H26N2O2/c1-11(2)9-15-10-12-8-14(5-3-4-13)6-7-16-12/h11-12H,3-10,13H2,1-2H3. The Morgan fingerprint density at radius 2 is 2.31 bits per heavy atom. The number of nitrogens with two attached hydrogens (primary N) is 1.